The van der Waals surface area contributed by atoms with Gasteiger partial charge in [-0.15, -0.1) is 0 Å². The molecule has 17 heavy (non-hydrogen) atoms. The van der Waals surface area contributed by atoms with E-state index in [1.54, 1.807) is 24.3 Å². The van der Waals surface area contributed by atoms with E-state index < -0.39 is 12.1 Å². The van der Waals surface area contributed by atoms with Crippen molar-refractivity contribution in [1.82, 2.24) is 0 Å². The highest BCUT2D eigenvalue weighted by Gasteiger charge is 2.19. The summed E-state index contributed by atoms with van der Waals surface area (Å²) in [7, 11) is 0. The average molecular weight is 238 g/mol. The van der Waals surface area contributed by atoms with Crippen molar-refractivity contribution in [2.24, 2.45) is 0 Å². The zero-order valence-corrected chi connectivity index (χ0v) is 10.1. The van der Waals surface area contributed by atoms with E-state index in [-0.39, 0.29) is 12.7 Å². The van der Waals surface area contributed by atoms with Crippen molar-refractivity contribution in [3.8, 4) is 0 Å². The SMILES string of the molecule is CC(C)OCCOC(C(=O)O)c1ccccc1. The van der Waals surface area contributed by atoms with Crippen LogP contribution in [0.1, 0.15) is 25.5 Å². The summed E-state index contributed by atoms with van der Waals surface area (Å²) < 4.78 is 10.6. The lowest BCUT2D eigenvalue weighted by atomic mass is 10.1. The van der Waals surface area contributed by atoms with Crippen LogP contribution >= 0.6 is 0 Å². The standard InChI is InChI=1S/C13H18O4/c1-10(2)16-8-9-17-12(13(14)15)11-6-4-3-5-7-11/h3-7,10,12H,8-9H2,1-2H3,(H,14,15). The Morgan fingerprint density at radius 1 is 1.18 bits per heavy atom. The zero-order valence-electron chi connectivity index (χ0n) is 10.1. The first-order chi connectivity index (χ1) is 8.11. The number of benzene rings is 1. The van der Waals surface area contributed by atoms with Crippen LogP contribution in [-0.4, -0.2) is 30.4 Å². The van der Waals surface area contributed by atoms with Gasteiger partial charge in [0.15, 0.2) is 6.10 Å². The van der Waals surface area contributed by atoms with Crippen molar-refractivity contribution in [2.75, 3.05) is 13.2 Å². The Labute approximate surface area is 101 Å². The van der Waals surface area contributed by atoms with Gasteiger partial charge in [-0.1, -0.05) is 30.3 Å². The number of carboxylic acid groups (broad SMARTS) is 1. The monoisotopic (exact) mass is 238 g/mol. The molecular formula is C13H18O4. The largest absolute Gasteiger partial charge is 0.479 e. The third-order valence-electron chi connectivity index (χ3n) is 2.15. The summed E-state index contributed by atoms with van der Waals surface area (Å²) in [5.74, 6) is -0.985. The van der Waals surface area contributed by atoms with Crippen LogP contribution in [0.3, 0.4) is 0 Å². The van der Waals surface area contributed by atoms with Crippen LogP contribution in [0.5, 0.6) is 0 Å². The van der Waals surface area contributed by atoms with Gasteiger partial charge >= 0.3 is 5.97 Å². The summed E-state index contributed by atoms with van der Waals surface area (Å²) in [5, 5.41) is 9.07. The Hall–Kier alpha value is -1.39. The van der Waals surface area contributed by atoms with Gasteiger partial charge < -0.3 is 14.6 Å². The Bertz CT molecular complexity index is 335. The van der Waals surface area contributed by atoms with Crippen LogP contribution in [0.15, 0.2) is 30.3 Å². The van der Waals surface area contributed by atoms with Gasteiger partial charge in [0.2, 0.25) is 0 Å². The summed E-state index contributed by atoms with van der Waals surface area (Å²) in [4.78, 5) is 11.1. The molecule has 0 fully saturated rings. The molecule has 1 N–H and O–H groups in total. The molecule has 1 aromatic rings. The van der Waals surface area contributed by atoms with Gasteiger partial charge in [0.1, 0.15) is 0 Å². The molecule has 1 unspecified atom stereocenters. The number of rotatable bonds is 7. The molecule has 1 atom stereocenters. The molecular weight excluding hydrogens is 220 g/mol. The van der Waals surface area contributed by atoms with Gasteiger partial charge in [-0.25, -0.2) is 4.79 Å². The van der Waals surface area contributed by atoms with Crippen molar-refractivity contribution in [2.45, 2.75) is 26.1 Å². The highest BCUT2D eigenvalue weighted by molar-refractivity contribution is 5.74. The first kappa shape index (κ1) is 13.7. The lowest BCUT2D eigenvalue weighted by Gasteiger charge is -2.14. The zero-order chi connectivity index (χ0) is 12.7. The topological polar surface area (TPSA) is 55.8 Å². The number of hydrogen-bond donors (Lipinski definition) is 1. The van der Waals surface area contributed by atoms with Crippen molar-refractivity contribution in [1.29, 1.82) is 0 Å². The first-order valence-corrected chi connectivity index (χ1v) is 5.62. The van der Waals surface area contributed by atoms with Crippen LogP contribution < -0.4 is 0 Å². The maximum Gasteiger partial charge on any atom is 0.337 e. The summed E-state index contributed by atoms with van der Waals surface area (Å²) >= 11 is 0. The van der Waals surface area contributed by atoms with Gasteiger partial charge in [0, 0.05) is 0 Å². The molecule has 1 aromatic carbocycles. The van der Waals surface area contributed by atoms with Crippen LogP contribution in [0, 0.1) is 0 Å². The molecule has 94 valence electrons. The van der Waals surface area contributed by atoms with Crippen molar-refractivity contribution < 1.29 is 19.4 Å². The molecule has 0 saturated heterocycles. The minimum Gasteiger partial charge on any atom is -0.479 e. The van der Waals surface area contributed by atoms with E-state index in [1.807, 2.05) is 19.9 Å². The number of carboxylic acids is 1. The van der Waals surface area contributed by atoms with E-state index in [2.05, 4.69) is 0 Å². The van der Waals surface area contributed by atoms with Crippen molar-refractivity contribution >= 4 is 5.97 Å². The van der Waals surface area contributed by atoms with Crippen molar-refractivity contribution in [3.63, 3.8) is 0 Å². The molecule has 0 aromatic heterocycles. The summed E-state index contributed by atoms with van der Waals surface area (Å²) in [6.45, 7) is 4.51. The lowest BCUT2D eigenvalue weighted by Crippen LogP contribution is -2.18. The Morgan fingerprint density at radius 2 is 1.76 bits per heavy atom. The minimum atomic E-state index is -0.985. The van der Waals surface area contributed by atoms with Gasteiger partial charge in [-0.3, -0.25) is 0 Å². The molecule has 0 amide bonds. The molecule has 0 heterocycles. The van der Waals surface area contributed by atoms with E-state index in [4.69, 9.17) is 14.6 Å². The maximum absolute atomic E-state index is 11.1. The fourth-order valence-corrected chi connectivity index (χ4v) is 1.39. The fraction of sp³-hybridized carbons (Fsp3) is 0.462. The van der Waals surface area contributed by atoms with Crippen LogP contribution in [-0.2, 0) is 14.3 Å². The molecule has 4 heteroatoms. The third kappa shape index (κ3) is 4.97. The molecule has 0 aliphatic rings. The Balaban J connectivity index is 2.48. The second kappa shape index (κ2) is 7.04. The summed E-state index contributed by atoms with van der Waals surface area (Å²) in [5.41, 5.74) is 0.643. The molecule has 0 radical (unpaired) electrons. The van der Waals surface area contributed by atoms with Crippen molar-refractivity contribution in [3.05, 3.63) is 35.9 Å². The van der Waals surface area contributed by atoms with Crippen LogP contribution in [0.4, 0.5) is 0 Å². The van der Waals surface area contributed by atoms with Crippen LogP contribution in [0.2, 0.25) is 0 Å². The van der Waals surface area contributed by atoms with Gasteiger partial charge in [0.25, 0.3) is 0 Å². The van der Waals surface area contributed by atoms with E-state index in [0.29, 0.717) is 12.2 Å². The smallest absolute Gasteiger partial charge is 0.337 e. The third-order valence-corrected chi connectivity index (χ3v) is 2.15. The number of carbonyl (C=O) groups is 1. The van der Waals surface area contributed by atoms with E-state index in [1.165, 1.54) is 0 Å². The van der Waals surface area contributed by atoms with Gasteiger partial charge in [-0.05, 0) is 19.4 Å². The number of aliphatic carboxylic acids is 1. The van der Waals surface area contributed by atoms with Gasteiger partial charge in [0.05, 0.1) is 19.3 Å². The number of ether oxygens (including phenoxy) is 2. The molecule has 1 rings (SSSR count). The molecule has 0 aliphatic heterocycles. The molecule has 0 bridgehead atoms. The summed E-state index contributed by atoms with van der Waals surface area (Å²) in [6.07, 6.45) is -0.800. The first-order valence-electron chi connectivity index (χ1n) is 5.62. The van der Waals surface area contributed by atoms with E-state index in [0.717, 1.165) is 0 Å². The van der Waals surface area contributed by atoms with Crippen LogP contribution in [0.25, 0.3) is 0 Å². The Morgan fingerprint density at radius 3 is 2.29 bits per heavy atom. The predicted molar refractivity (Wildman–Crippen MR) is 63.9 cm³/mol. The maximum atomic E-state index is 11.1. The highest BCUT2D eigenvalue weighted by Crippen LogP contribution is 2.17. The normalized spacial score (nSPS) is 12.6. The molecule has 4 nitrogen and oxygen atoms in total. The summed E-state index contributed by atoms with van der Waals surface area (Å²) in [6, 6.07) is 8.90. The minimum absolute atomic E-state index is 0.124. The van der Waals surface area contributed by atoms with Gasteiger partial charge in [-0.2, -0.15) is 0 Å². The van der Waals surface area contributed by atoms with E-state index >= 15 is 0 Å². The lowest BCUT2D eigenvalue weighted by molar-refractivity contribution is -0.152. The van der Waals surface area contributed by atoms with E-state index in [9.17, 15) is 4.79 Å². The molecule has 0 spiro atoms. The average Bonchev–Trinajstić information content (AvgIpc) is 2.29. The highest BCUT2D eigenvalue weighted by atomic mass is 16.5. The predicted octanol–water partition coefficient (Wildman–Crippen LogP) is 2.25. The second-order valence-corrected chi connectivity index (χ2v) is 3.92. The quantitative estimate of drug-likeness (QED) is 0.740. The second-order valence-electron chi connectivity index (χ2n) is 3.92. The molecule has 0 saturated carbocycles. The number of hydrogen-bond acceptors (Lipinski definition) is 3. The fourth-order valence-electron chi connectivity index (χ4n) is 1.39. The Kier molecular flexibility index (Phi) is 5.66. The molecule has 0 aliphatic carbocycles.